The standard InChI is InChI=1S/C25H23N3O4/c1-14(29)22-21-11-20(23(25(31)32)28(21)24(22)30)18-7-6-16-9-15(4-5-17(16)10-18)12-27-8-2-3-19(26)13-27/h2-10,13-14,21-22,29H,11-12,26H2,1H3/p+1/t14-,21-,22-/m1/s1. The maximum Gasteiger partial charge on any atom is 0.352 e. The summed E-state index contributed by atoms with van der Waals surface area (Å²) in [6.45, 7) is 2.27. The lowest BCUT2D eigenvalue weighted by molar-refractivity contribution is -0.687. The van der Waals surface area contributed by atoms with Gasteiger partial charge in [-0.15, -0.1) is 0 Å². The van der Waals surface area contributed by atoms with Gasteiger partial charge >= 0.3 is 5.97 Å². The average molecular weight is 430 g/mol. The van der Waals surface area contributed by atoms with Gasteiger partial charge in [-0.25, -0.2) is 4.79 Å². The quantitative estimate of drug-likeness (QED) is 0.425. The largest absolute Gasteiger partial charge is 0.477 e. The molecule has 2 aromatic carbocycles. The molecule has 7 heteroatoms. The summed E-state index contributed by atoms with van der Waals surface area (Å²) < 4.78 is 2.02. The van der Waals surface area contributed by atoms with Crippen molar-refractivity contribution >= 4 is 33.9 Å². The highest BCUT2D eigenvalue weighted by Gasteiger charge is 2.56. The maximum absolute atomic E-state index is 12.5. The summed E-state index contributed by atoms with van der Waals surface area (Å²) in [6, 6.07) is 15.5. The predicted molar refractivity (Wildman–Crippen MR) is 119 cm³/mol. The van der Waals surface area contributed by atoms with Crippen molar-refractivity contribution in [2.45, 2.75) is 32.0 Å². The summed E-state index contributed by atoms with van der Waals surface area (Å²) in [5.41, 5.74) is 9.16. The van der Waals surface area contributed by atoms with Crippen molar-refractivity contribution in [1.29, 1.82) is 0 Å². The van der Waals surface area contributed by atoms with Crippen LogP contribution >= 0.6 is 0 Å². The van der Waals surface area contributed by atoms with Crippen molar-refractivity contribution in [3.63, 3.8) is 0 Å². The molecule has 7 nitrogen and oxygen atoms in total. The number of hydrogen-bond acceptors (Lipinski definition) is 4. The van der Waals surface area contributed by atoms with Crippen molar-refractivity contribution in [2.75, 3.05) is 5.73 Å². The minimum atomic E-state index is -1.12. The first kappa shape index (κ1) is 20.2. The lowest BCUT2D eigenvalue weighted by Gasteiger charge is -2.44. The van der Waals surface area contributed by atoms with Crippen LogP contribution in [0.4, 0.5) is 5.69 Å². The van der Waals surface area contributed by atoms with Crippen LogP contribution in [0, 0.1) is 5.92 Å². The smallest absolute Gasteiger partial charge is 0.352 e. The molecule has 2 aliphatic rings. The van der Waals surface area contributed by atoms with Crippen LogP contribution in [0.1, 0.15) is 24.5 Å². The Balaban J connectivity index is 1.47. The molecule has 3 aromatic rings. The SMILES string of the molecule is C[C@@H](O)[C@H]1C(=O)N2C(C(=O)O)=C(c3ccc4cc(C[n+]5cccc(N)c5)ccc4c3)C[C@H]12. The van der Waals surface area contributed by atoms with Crippen LogP contribution in [0.2, 0.25) is 0 Å². The Morgan fingerprint density at radius 3 is 2.69 bits per heavy atom. The zero-order valence-corrected chi connectivity index (χ0v) is 17.6. The number of nitrogen functional groups attached to an aromatic ring is 1. The molecule has 162 valence electrons. The number of β-lactam (4-membered cyclic amide) rings is 1. The predicted octanol–water partition coefficient (Wildman–Crippen LogP) is 2.16. The van der Waals surface area contributed by atoms with Gasteiger partial charge in [0.25, 0.3) is 0 Å². The highest BCUT2D eigenvalue weighted by Crippen LogP contribution is 2.47. The number of benzene rings is 2. The van der Waals surface area contributed by atoms with E-state index >= 15 is 0 Å². The highest BCUT2D eigenvalue weighted by atomic mass is 16.4. The average Bonchev–Trinajstić information content (AvgIpc) is 3.08. The molecule has 0 aliphatic carbocycles. The number of aliphatic carboxylic acids is 1. The second kappa shape index (κ2) is 7.46. The molecule has 4 N–H and O–H groups in total. The van der Waals surface area contributed by atoms with Crippen LogP contribution in [0.25, 0.3) is 16.3 Å². The number of pyridine rings is 1. The van der Waals surface area contributed by atoms with E-state index < -0.39 is 18.0 Å². The van der Waals surface area contributed by atoms with Gasteiger partial charge in [0.15, 0.2) is 18.9 Å². The number of fused-ring (bicyclic) bond motifs is 2. The molecule has 0 bridgehead atoms. The number of hydrogen-bond donors (Lipinski definition) is 3. The van der Waals surface area contributed by atoms with Gasteiger partial charge in [0.05, 0.1) is 23.8 Å². The molecule has 2 aliphatic heterocycles. The Morgan fingerprint density at radius 2 is 1.97 bits per heavy atom. The number of nitrogens with zero attached hydrogens (tertiary/aromatic N) is 2. The summed E-state index contributed by atoms with van der Waals surface area (Å²) in [5.74, 6) is -1.98. The number of nitrogens with two attached hydrogens (primary N) is 1. The number of aromatic nitrogens is 1. The van der Waals surface area contributed by atoms with Crippen LogP contribution in [0.5, 0.6) is 0 Å². The first-order valence-corrected chi connectivity index (χ1v) is 10.6. The first-order valence-electron chi connectivity index (χ1n) is 10.6. The fourth-order valence-corrected chi connectivity index (χ4v) is 4.96. The van der Waals surface area contributed by atoms with Crippen LogP contribution < -0.4 is 10.3 Å². The molecule has 0 unspecified atom stereocenters. The third kappa shape index (κ3) is 3.22. The number of anilines is 1. The van der Waals surface area contributed by atoms with E-state index in [2.05, 4.69) is 6.07 Å². The molecule has 1 amide bonds. The second-order valence-electron chi connectivity index (χ2n) is 8.58. The number of aliphatic hydroxyl groups excluding tert-OH is 1. The summed E-state index contributed by atoms with van der Waals surface area (Å²) >= 11 is 0. The summed E-state index contributed by atoms with van der Waals surface area (Å²) in [6.07, 6.45) is 3.48. The normalized spacial score (nSPS) is 20.9. The van der Waals surface area contributed by atoms with E-state index in [1.165, 1.54) is 4.90 Å². The Labute approximate surface area is 185 Å². The molecule has 0 saturated carbocycles. The number of aliphatic hydroxyl groups is 1. The van der Waals surface area contributed by atoms with E-state index in [4.69, 9.17) is 5.73 Å². The number of carboxylic acid groups (broad SMARTS) is 1. The lowest BCUT2D eigenvalue weighted by Crippen LogP contribution is -2.61. The molecule has 5 rings (SSSR count). The van der Waals surface area contributed by atoms with Gasteiger partial charge in [-0.05, 0) is 53.5 Å². The molecule has 0 radical (unpaired) electrons. The van der Waals surface area contributed by atoms with E-state index in [1.54, 1.807) is 6.92 Å². The zero-order valence-electron chi connectivity index (χ0n) is 17.6. The number of amides is 1. The van der Waals surface area contributed by atoms with Crippen LogP contribution in [-0.2, 0) is 16.1 Å². The van der Waals surface area contributed by atoms with Gasteiger partial charge in [0, 0.05) is 11.6 Å². The van der Waals surface area contributed by atoms with Crippen LogP contribution in [-0.4, -0.2) is 39.1 Å². The van der Waals surface area contributed by atoms with Crippen LogP contribution in [0.15, 0.2) is 66.6 Å². The van der Waals surface area contributed by atoms with Crippen molar-refractivity contribution in [3.8, 4) is 0 Å². The van der Waals surface area contributed by atoms with E-state index in [1.807, 2.05) is 59.4 Å². The number of rotatable bonds is 5. The fourth-order valence-electron chi connectivity index (χ4n) is 4.96. The van der Waals surface area contributed by atoms with Gasteiger partial charge in [0.1, 0.15) is 5.70 Å². The molecule has 0 spiro atoms. The Morgan fingerprint density at radius 1 is 1.22 bits per heavy atom. The highest BCUT2D eigenvalue weighted by molar-refractivity contribution is 6.06. The molecule has 3 atom stereocenters. The summed E-state index contributed by atoms with van der Waals surface area (Å²) in [5, 5.41) is 21.8. The number of carbonyl (C=O) groups excluding carboxylic acids is 1. The topological polar surface area (TPSA) is 108 Å². The molecular weight excluding hydrogens is 406 g/mol. The van der Waals surface area contributed by atoms with E-state index in [0.29, 0.717) is 24.2 Å². The Bertz CT molecular complexity index is 1300. The maximum atomic E-state index is 12.5. The van der Waals surface area contributed by atoms with Crippen molar-refractivity contribution in [2.24, 2.45) is 5.92 Å². The van der Waals surface area contributed by atoms with E-state index in [0.717, 1.165) is 21.9 Å². The van der Waals surface area contributed by atoms with Gasteiger partial charge in [-0.3, -0.25) is 4.79 Å². The molecular formula is C25H24N3O4+. The van der Waals surface area contributed by atoms with Crippen molar-refractivity contribution in [3.05, 3.63) is 77.7 Å². The minimum absolute atomic E-state index is 0.0333. The van der Waals surface area contributed by atoms with Gasteiger partial charge < -0.3 is 20.8 Å². The first-order chi connectivity index (χ1) is 15.3. The van der Waals surface area contributed by atoms with Crippen LogP contribution in [0.3, 0.4) is 0 Å². The summed E-state index contributed by atoms with van der Waals surface area (Å²) in [7, 11) is 0. The number of carbonyl (C=O) groups is 2. The Kier molecular flexibility index (Phi) is 4.71. The van der Waals surface area contributed by atoms with E-state index in [9.17, 15) is 19.8 Å². The molecule has 32 heavy (non-hydrogen) atoms. The lowest BCUT2D eigenvalue weighted by atomic mass is 9.82. The number of carboxylic acids is 1. The third-order valence-corrected chi connectivity index (χ3v) is 6.43. The fraction of sp³-hybridized carbons (Fsp3) is 0.240. The summed E-state index contributed by atoms with van der Waals surface area (Å²) in [4.78, 5) is 25.8. The second-order valence-corrected chi connectivity index (χ2v) is 8.58. The van der Waals surface area contributed by atoms with Gasteiger partial charge in [-0.1, -0.05) is 24.3 Å². The Hall–Kier alpha value is -3.71. The van der Waals surface area contributed by atoms with Gasteiger partial charge in [0.2, 0.25) is 5.91 Å². The molecule has 1 fully saturated rings. The van der Waals surface area contributed by atoms with Crippen molar-refractivity contribution < 1.29 is 24.4 Å². The zero-order chi connectivity index (χ0) is 22.6. The third-order valence-electron chi connectivity index (χ3n) is 6.43. The monoisotopic (exact) mass is 430 g/mol. The minimum Gasteiger partial charge on any atom is -0.477 e. The van der Waals surface area contributed by atoms with Gasteiger partial charge in [-0.2, -0.15) is 4.57 Å². The molecule has 1 aromatic heterocycles. The van der Waals surface area contributed by atoms with Crippen molar-refractivity contribution in [1.82, 2.24) is 4.90 Å². The molecule has 1 saturated heterocycles. The molecule has 3 heterocycles. The van der Waals surface area contributed by atoms with E-state index in [-0.39, 0.29) is 17.6 Å².